The van der Waals surface area contributed by atoms with Crippen LogP contribution in [-0.2, 0) is 15.9 Å². The number of hydrogen-bond acceptors (Lipinski definition) is 3. The van der Waals surface area contributed by atoms with E-state index in [1.807, 2.05) is 7.05 Å². The Balaban J connectivity index is 1.39. The third-order valence-electron chi connectivity index (χ3n) is 6.00. The Morgan fingerprint density at radius 2 is 1.93 bits per heavy atom. The molecule has 5 nitrogen and oxygen atoms in total. The van der Waals surface area contributed by atoms with Crippen LogP contribution in [0.5, 0.6) is 0 Å². The van der Waals surface area contributed by atoms with E-state index in [4.69, 9.17) is 9.47 Å². The number of hydrogen-bond donors (Lipinski definition) is 1. The number of piperidine rings is 1. The molecule has 1 aromatic rings. The number of guanidine groups is 1. The summed E-state index contributed by atoms with van der Waals surface area (Å²) in [6.45, 7) is 9.18. The molecule has 1 aromatic carbocycles. The molecular weight excluding hydrogens is 362 g/mol. The lowest BCUT2D eigenvalue weighted by atomic mass is 9.86. The number of nitrogens with zero attached hydrogens (tertiary/aromatic N) is 2. The molecule has 162 valence electrons. The fourth-order valence-electron chi connectivity index (χ4n) is 4.28. The van der Waals surface area contributed by atoms with Crippen molar-refractivity contribution >= 4 is 5.96 Å². The van der Waals surface area contributed by atoms with Gasteiger partial charge in [-0.1, -0.05) is 44.2 Å². The van der Waals surface area contributed by atoms with Crippen LogP contribution in [0.2, 0.25) is 0 Å². The Morgan fingerprint density at radius 1 is 1.17 bits per heavy atom. The summed E-state index contributed by atoms with van der Waals surface area (Å²) < 4.78 is 11.9. The summed E-state index contributed by atoms with van der Waals surface area (Å²) in [6, 6.07) is 10.7. The summed E-state index contributed by atoms with van der Waals surface area (Å²) in [5.74, 6) is 1.01. The van der Waals surface area contributed by atoms with Gasteiger partial charge in [-0.25, -0.2) is 0 Å². The molecule has 0 spiro atoms. The molecule has 0 aliphatic carbocycles. The van der Waals surface area contributed by atoms with Crippen molar-refractivity contribution in [2.45, 2.75) is 64.6 Å². The fraction of sp³-hybridized carbons (Fsp3) is 0.708. The first-order valence-corrected chi connectivity index (χ1v) is 11.3. The summed E-state index contributed by atoms with van der Waals surface area (Å²) in [7, 11) is 1.88. The second-order valence-corrected chi connectivity index (χ2v) is 9.24. The standard InChI is InChI=1S/C24H39N3O2/c1-24(2,17-20-9-5-4-6-10-20)19-26-23(25-3)27-14-12-21(13-15-27)29-18-22-11-7-8-16-28-22/h4-6,9-10,21-22H,7-8,11-19H2,1-3H3,(H,25,26). The van der Waals surface area contributed by atoms with Gasteiger partial charge in [0.2, 0.25) is 0 Å². The molecule has 0 radical (unpaired) electrons. The minimum atomic E-state index is 0.165. The normalized spacial score (nSPS) is 22.0. The Kier molecular flexibility index (Phi) is 8.37. The molecule has 0 aromatic heterocycles. The number of likely N-dealkylation sites (tertiary alicyclic amines) is 1. The van der Waals surface area contributed by atoms with Crippen LogP contribution in [0, 0.1) is 5.41 Å². The van der Waals surface area contributed by atoms with Crippen molar-refractivity contribution < 1.29 is 9.47 Å². The lowest BCUT2D eigenvalue weighted by Crippen LogP contribution is -2.49. The predicted octanol–water partition coefficient (Wildman–Crippen LogP) is 3.88. The van der Waals surface area contributed by atoms with Crippen molar-refractivity contribution in [1.29, 1.82) is 0 Å². The molecule has 0 bridgehead atoms. The molecule has 2 heterocycles. The van der Waals surface area contributed by atoms with E-state index in [1.165, 1.54) is 18.4 Å². The first-order valence-electron chi connectivity index (χ1n) is 11.3. The van der Waals surface area contributed by atoms with Gasteiger partial charge in [0.15, 0.2) is 5.96 Å². The van der Waals surface area contributed by atoms with Gasteiger partial charge in [-0.2, -0.15) is 0 Å². The van der Waals surface area contributed by atoms with E-state index in [0.717, 1.165) is 64.5 Å². The van der Waals surface area contributed by atoms with Crippen molar-refractivity contribution in [2.24, 2.45) is 10.4 Å². The monoisotopic (exact) mass is 401 g/mol. The van der Waals surface area contributed by atoms with E-state index in [9.17, 15) is 0 Å². The summed E-state index contributed by atoms with van der Waals surface area (Å²) in [5.41, 5.74) is 1.55. The van der Waals surface area contributed by atoms with Crippen LogP contribution in [0.4, 0.5) is 0 Å². The molecule has 5 heteroatoms. The molecule has 1 N–H and O–H groups in total. The third-order valence-corrected chi connectivity index (χ3v) is 6.00. The van der Waals surface area contributed by atoms with E-state index < -0.39 is 0 Å². The van der Waals surface area contributed by atoms with Crippen molar-refractivity contribution in [3.63, 3.8) is 0 Å². The lowest BCUT2D eigenvalue weighted by Gasteiger charge is -2.36. The average molecular weight is 402 g/mol. The second-order valence-electron chi connectivity index (χ2n) is 9.24. The van der Waals surface area contributed by atoms with Gasteiger partial charge in [0.05, 0.1) is 18.8 Å². The minimum absolute atomic E-state index is 0.165. The highest BCUT2D eigenvalue weighted by atomic mass is 16.5. The maximum absolute atomic E-state index is 6.15. The van der Waals surface area contributed by atoms with Crippen LogP contribution in [0.1, 0.15) is 51.5 Å². The maximum atomic E-state index is 6.15. The zero-order chi connectivity index (χ0) is 20.5. The maximum Gasteiger partial charge on any atom is 0.193 e. The Labute approximate surface area is 176 Å². The van der Waals surface area contributed by atoms with Crippen LogP contribution in [0.15, 0.2) is 35.3 Å². The molecule has 2 aliphatic rings. The summed E-state index contributed by atoms with van der Waals surface area (Å²) >= 11 is 0. The Morgan fingerprint density at radius 3 is 2.59 bits per heavy atom. The first-order chi connectivity index (χ1) is 14.1. The highest BCUT2D eigenvalue weighted by molar-refractivity contribution is 5.80. The van der Waals surface area contributed by atoms with Crippen LogP contribution in [0.25, 0.3) is 0 Å². The van der Waals surface area contributed by atoms with Gasteiger partial charge in [0, 0.05) is 33.3 Å². The van der Waals surface area contributed by atoms with Gasteiger partial charge in [0.1, 0.15) is 0 Å². The zero-order valence-corrected chi connectivity index (χ0v) is 18.5. The summed E-state index contributed by atoms with van der Waals surface area (Å²) in [5, 5.41) is 3.61. The van der Waals surface area contributed by atoms with E-state index in [-0.39, 0.29) is 5.41 Å². The number of rotatable bonds is 7. The van der Waals surface area contributed by atoms with Gasteiger partial charge in [0.25, 0.3) is 0 Å². The average Bonchev–Trinajstić information content (AvgIpc) is 2.74. The van der Waals surface area contributed by atoms with E-state index >= 15 is 0 Å². The molecule has 3 rings (SSSR count). The summed E-state index contributed by atoms with van der Waals surface area (Å²) in [6.07, 6.45) is 7.44. The van der Waals surface area contributed by atoms with Gasteiger partial charge in [-0.15, -0.1) is 0 Å². The minimum Gasteiger partial charge on any atom is -0.376 e. The van der Waals surface area contributed by atoms with Crippen molar-refractivity contribution in [1.82, 2.24) is 10.2 Å². The van der Waals surface area contributed by atoms with Crippen LogP contribution >= 0.6 is 0 Å². The van der Waals surface area contributed by atoms with Crippen molar-refractivity contribution in [3.05, 3.63) is 35.9 Å². The van der Waals surface area contributed by atoms with E-state index in [0.29, 0.717) is 12.2 Å². The van der Waals surface area contributed by atoms with Crippen LogP contribution < -0.4 is 5.32 Å². The zero-order valence-electron chi connectivity index (χ0n) is 18.5. The molecule has 1 unspecified atom stereocenters. The second kappa shape index (κ2) is 11.0. The first kappa shape index (κ1) is 22.1. The topological polar surface area (TPSA) is 46.1 Å². The smallest absolute Gasteiger partial charge is 0.193 e. The molecule has 2 aliphatic heterocycles. The largest absolute Gasteiger partial charge is 0.376 e. The molecule has 0 amide bonds. The Hall–Kier alpha value is -1.59. The van der Waals surface area contributed by atoms with Crippen LogP contribution in [0.3, 0.4) is 0 Å². The molecule has 29 heavy (non-hydrogen) atoms. The molecule has 2 fully saturated rings. The number of benzene rings is 1. The van der Waals surface area contributed by atoms with Crippen molar-refractivity contribution in [2.75, 3.05) is 39.9 Å². The third kappa shape index (κ3) is 7.31. The number of aliphatic imine (C=N–C) groups is 1. The molecule has 1 atom stereocenters. The Bertz CT molecular complexity index is 618. The van der Waals surface area contributed by atoms with Crippen molar-refractivity contribution in [3.8, 4) is 0 Å². The fourth-order valence-corrected chi connectivity index (χ4v) is 4.28. The van der Waals surface area contributed by atoms with Gasteiger partial charge in [-0.3, -0.25) is 4.99 Å². The number of ether oxygens (including phenoxy) is 2. The highest BCUT2D eigenvalue weighted by Gasteiger charge is 2.25. The molecular formula is C24H39N3O2. The van der Waals surface area contributed by atoms with E-state index in [2.05, 4.69) is 59.4 Å². The van der Waals surface area contributed by atoms with Gasteiger partial charge >= 0.3 is 0 Å². The molecule has 0 saturated carbocycles. The van der Waals surface area contributed by atoms with Crippen LogP contribution in [-0.4, -0.2) is 63.0 Å². The predicted molar refractivity (Wildman–Crippen MR) is 119 cm³/mol. The van der Waals surface area contributed by atoms with Gasteiger partial charge in [-0.05, 0) is 49.5 Å². The SMILES string of the molecule is CN=C(NCC(C)(C)Cc1ccccc1)N1CCC(OCC2CCCCO2)CC1. The molecule has 2 saturated heterocycles. The summed E-state index contributed by atoms with van der Waals surface area (Å²) in [4.78, 5) is 6.91. The lowest BCUT2D eigenvalue weighted by molar-refractivity contribution is -0.0721. The highest BCUT2D eigenvalue weighted by Crippen LogP contribution is 2.22. The quantitative estimate of drug-likeness (QED) is 0.556. The van der Waals surface area contributed by atoms with E-state index in [1.54, 1.807) is 0 Å². The van der Waals surface area contributed by atoms with Gasteiger partial charge < -0.3 is 19.7 Å². The number of nitrogens with one attached hydrogen (secondary N) is 1.